The highest BCUT2D eigenvalue weighted by atomic mass is 16.4. The van der Waals surface area contributed by atoms with E-state index in [1.165, 1.54) is 6.42 Å². The van der Waals surface area contributed by atoms with Crippen LogP contribution in [-0.2, 0) is 6.54 Å². The quantitative estimate of drug-likeness (QED) is 0.890. The van der Waals surface area contributed by atoms with Gasteiger partial charge in [0.15, 0.2) is 5.69 Å². The van der Waals surface area contributed by atoms with Crippen molar-refractivity contribution >= 4 is 5.97 Å². The number of hydrogen-bond acceptors (Lipinski definition) is 3. The van der Waals surface area contributed by atoms with Crippen molar-refractivity contribution < 1.29 is 9.90 Å². The molecule has 5 nitrogen and oxygen atoms in total. The number of nitrogens with zero attached hydrogens (tertiary/aromatic N) is 3. The van der Waals surface area contributed by atoms with Crippen LogP contribution in [0.3, 0.4) is 0 Å². The number of hydrogen-bond donors (Lipinski definition) is 1. The number of carbonyl (C=O) groups is 1. The molecule has 1 atom stereocenters. The maximum absolute atomic E-state index is 11.0. The summed E-state index contributed by atoms with van der Waals surface area (Å²) in [6.07, 6.45) is 4.43. The van der Waals surface area contributed by atoms with E-state index in [9.17, 15) is 4.79 Å². The van der Waals surface area contributed by atoms with E-state index in [1.54, 1.807) is 6.07 Å². The lowest BCUT2D eigenvalue weighted by molar-refractivity contribution is 0.0689. The minimum atomic E-state index is -0.938. The van der Waals surface area contributed by atoms with Crippen molar-refractivity contribution in [3.05, 3.63) is 17.5 Å². The molecule has 1 aromatic heterocycles. The number of carboxylic acid groups (broad SMARTS) is 1. The van der Waals surface area contributed by atoms with Gasteiger partial charge < -0.3 is 5.11 Å². The molecular formula is C13H21N3O2. The van der Waals surface area contributed by atoms with E-state index in [2.05, 4.69) is 24.0 Å². The smallest absolute Gasteiger partial charge is 0.356 e. The Bertz CT molecular complexity index is 428. The Morgan fingerprint density at radius 1 is 1.61 bits per heavy atom. The lowest BCUT2D eigenvalue weighted by atomic mass is 10.1. The van der Waals surface area contributed by atoms with Gasteiger partial charge in [-0.25, -0.2) is 4.79 Å². The van der Waals surface area contributed by atoms with Crippen molar-refractivity contribution in [1.82, 2.24) is 14.7 Å². The molecule has 18 heavy (non-hydrogen) atoms. The average Bonchev–Trinajstić information content (AvgIpc) is 2.64. The first kappa shape index (κ1) is 13.1. The first-order valence-electron chi connectivity index (χ1n) is 6.64. The van der Waals surface area contributed by atoms with Gasteiger partial charge in [0.2, 0.25) is 0 Å². The topological polar surface area (TPSA) is 58.4 Å². The fraction of sp³-hybridized carbons (Fsp3) is 0.692. The molecule has 0 fully saturated rings. The van der Waals surface area contributed by atoms with E-state index in [0.717, 1.165) is 38.0 Å². The van der Waals surface area contributed by atoms with Crippen LogP contribution in [-0.4, -0.2) is 39.3 Å². The first-order chi connectivity index (χ1) is 8.63. The van der Waals surface area contributed by atoms with Crippen molar-refractivity contribution in [1.29, 1.82) is 0 Å². The molecule has 0 amide bonds. The highest BCUT2D eigenvalue weighted by molar-refractivity contribution is 5.85. The normalized spacial score (nSPS) is 19.6. The summed E-state index contributed by atoms with van der Waals surface area (Å²) in [6.45, 7) is 4.02. The van der Waals surface area contributed by atoms with E-state index >= 15 is 0 Å². The summed E-state index contributed by atoms with van der Waals surface area (Å²) in [4.78, 5) is 13.3. The number of aryl methyl sites for hydroxylation is 1. The molecule has 0 saturated heterocycles. The Hall–Kier alpha value is -1.36. The Morgan fingerprint density at radius 3 is 3.06 bits per heavy atom. The molecule has 0 saturated carbocycles. The molecule has 0 radical (unpaired) electrons. The van der Waals surface area contributed by atoms with Crippen LogP contribution in [0.1, 0.15) is 54.8 Å². The van der Waals surface area contributed by atoms with E-state index in [0.29, 0.717) is 6.04 Å². The molecule has 1 aliphatic rings. The molecule has 2 heterocycles. The van der Waals surface area contributed by atoms with Gasteiger partial charge in [-0.1, -0.05) is 6.92 Å². The molecule has 2 rings (SSSR count). The number of fused-ring (bicyclic) bond motifs is 1. The Kier molecular flexibility index (Phi) is 4.01. The van der Waals surface area contributed by atoms with Crippen molar-refractivity contribution in [2.75, 3.05) is 13.6 Å². The summed E-state index contributed by atoms with van der Waals surface area (Å²) in [5, 5.41) is 13.2. The van der Waals surface area contributed by atoms with Crippen molar-refractivity contribution in [3.63, 3.8) is 0 Å². The molecule has 0 spiro atoms. The molecule has 100 valence electrons. The zero-order valence-electron chi connectivity index (χ0n) is 11.1. The maximum Gasteiger partial charge on any atom is 0.356 e. The number of aromatic carboxylic acids is 1. The molecule has 5 heteroatoms. The van der Waals surface area contributed by atoms with E-state index in [4.69, 9.17) is 5.11 Å². The highest BCUT2D eigenvalue weighted by Gasteiger charge is 2.25. The summed E-state index contributed by atoms with van der Waals surface area (Å²) < 4.78 is 1.88. The summed E-state index contributed by atoms with van der Waals surface area (Å²) in [7, 11) is 2.11. The standard InChI is InChI=1S/C13H21N3O2/c1-3-7-15(2)11-6-4-5-8-16-12(11)9-10(14-16)13(17)18/h9,11H,3-8H2,1-2H3,(H,17,18). The van der Waals surface area contributed by atoms with Crippen LogP contribution < -0.4 is 0 Å². The van der Waals surface area contributed by atoms with Crippen LogP contribution in [0.4, 0.5) is 0 Å². The van der Waals surface area contributed by atoms with E-state index < -0.39 is 5.97 Å². The minimum absolute atomic E-state index is 0.168. The Labute approximate surface area is 107 Å². The molecule has 1 unspecified atom stereocenters. The second-order valence-electron chi connectivity index (χ2n) is 4.97. The summed E-state index contributed by atoms with van der Waals surface area (Å²) in [5.74, 6) is -0.938. The Balaban J connectivity index is 2.30. The third-order valence-corrected chi connectivity index (χ3v) is 3.58. The van der Waals surface area contributed by atoms with Gasteiger partial charge >= 0.3 is 5.97 Å². The van der Waals surface area contributed by atoms with Crippen LogP contribution in [0.15, 0.2) is 6.07 Å². The van der Waals surface area contributed by atoms with Gasteiger partial charge in [0.25, 0.3) is 0 Å². The SMILES string of the molecule is CCCN(C)C1CCCCn2nc(C(=O)O)cc21. The highest BCUT2D eigenvalue weighted by Crippen LogP contribution is 2.29. The van der Waals surface area contributed by atoms with Crippen LogP contribution in [0.5, 0.6) is 0 Å². The largest absolute Gasteiger partial charge is 0.476 e. The maximum atomic E-state index is 11.0. The van der Waals surface area contributed by atoms with Crippen molar-refractivity contribution in [3.8, 4) is 0 Å². The number of rotatable bonds is 4. The van der Waals surface area contributed by atoms with Gasteiger partial charge in [-0.3, -0.25) is 9.58 Å². The van der Waals surface area contributed by atoms with Gasteiger partial charge in [-0.15, -0.1) is 0 Å². The molecule has 1 N–H and O–H groups in total. The zero-order chi connectivity index (χ0) is 13.1. The number of carboxylic acids is 1. The second-order valence-corrected chi connectivity index (χ2v) is 4.97. The van der Waals surface area contributed by atoms with Crippen LogP contribution in [0, 0.1) is 0 Å². The average molecular weight is 251 g/mol. The minimum Gasteiger partial charge on any atom is -0.476 e. The molecular weight excluding hydrogens is 230 g/mol. The van der Waals surface area contributed by atoms with Gasteiger partial charge in [-0.2, -0.15) is 5.10 Å². The lowest BCUT2D eigenvalue weighted by Crippen LogP contribution is -2.26. The summed E-state index contributed by atoms with van der Waals surface area (Å²) in [6, 6.07) is 2.04. The lowest BCUT2D eigenvalue weighted by Gasteiger charge is -2.26. The second kappa shape index (κ2) is 5.52. The van der Waals surface area contributed by atoms with Crippen LogP contribution in [0.2, 0.25) is 0 Å². The molecule has 1 aromatic rings. The summed E-state index contributed by atoms with van der Waals surface area (Å²) >= 11 is 0. The van der Waals surface area contributed by atoms with E-state index in [-0.39, 0.29) is 5.69 Å². The van der Waals surface area contributed by atoms with Gasteiger partial charge in [-0.05, 0) is 45.3 Å². The predicted octanol–water partition coefficient (Wildman–Crippen LogP) is 2.15. The summed E-state index contributed by atoms with van der Waals surface area (Å²) in [5.41, 5.74) is 1.22. The molecule has 0 bridgehead atoms. The van der Waals surface area contributed by atoms with Gasteiger partial charge in [0.05, 0.1) is 11.7 Å². The van der Waals surface area contributed by atoms with E-state index in [1.807, 2.05) is 4.68 Å². The Morgan fingerprint density at radius 2 is 2.39 bits per heavy atom. The van der Waals surface area contributed by atoms with Crippen LogP contribution >= 0.6 is 0 Å². The third kappa shape index (κ3) is 2.56. The predicted molar refractivity (Wildman–Crippen MR) is 68.7 cm³/mol. The molecule has 0 aliphatic carbocycles. The van der Waals surface area contributed by atoms with Crippen LogP contribution in [0.25, 0.3) is 0 Å². The fourth-order valence-electron chi connectivity index (χ4n) is 2.68. The fourth-order valence-corrected chi connectivity index (χ4v) is 2.68. The van der Waals surface area contributed by atoms with Gasteiger partial charge in [0.1, 0.15) is 0 Å². The molecule has 0 aromatic carbocycles. The first-order valence-corrected chi connectivity index (χ1v) is 6.64. The monoisotopic (exact) mass is 251 g/mol. The van der Waals surface area contributed by atoms with Gasteiger partial charge in [0, 0.05) is 6.54 Å². The molecule has 1 aliphatic heterocycles. The zero-order valence-corrected chi connectivity index (χ0v) is 11.1. The third-order valence-electron chi connectivity index (χ3n) is 3.58. The van der Waals surface area contributed by atoms with Crippen molar-refractivity contribution in [2.24, 2.45) is 0 Å². The number of aromatic nitrogens is 2. The van der Waals surface area contributed by atoms with Crippen molar-refractivity contribution in [2.45, 2.75) is 45.2 Å².